The van der Waals surface area contributed by atoms with Crippen molar-refractivity contribution in [2.45, 2.75) is 59.0 Å². The molecule has 0 radical (unpaired) electrons. The van der Waals surface area contributed by atoms with E-state index in [2.05, 4.69) is 20.8 Å². The van der Waals surface area contributed by atoms with Gasteiger partial charge in [0.25, 0.3) is 0 Å². The van der Waals surface area contributed by atoms with Gasteiger partial charge in [0.1, 0.15) is 0 Å². The predicted molar refractivity (Wildman–Crippen MR) is 52.0 cm³/mol. The molecule has 0 aromatic carbocycles. The maximum atomic E-state index is 9.59. The Bertz CT molecular complexity index is 130. The third kappa shape index (κ3) is 4.10. The van der Waals surface area contributed by atoms with Crippen LogP contribution < -0.4 is 0 Å². The maximum Gasteiger partial charge on any atom is 0.0568 e. The van der Waals surface area contributed by atoms with Crippen molar-refractivity contribution in [2.75, 3.05) is 0 Å². The fourth-order valence-electron chi connectivity index (χ4n) is 1.56. The van der Waals surface area contributed by atoms with Gasteiger partial charge in [-0.2, -0.15) is 0 Å². The molecule has 1 heteroatoms. The number of aliphatic hydroxyl groups is 1. The van der Waals surface area contributed by atoms with E-state index >= 15 is 0 Å². The van der Waals surface area contributed by atoms with Crippen molar-refractivity contribution in [3.05, 3.63) is 0 Å². The second kappa shape index (κ2) is 3.78. The van der Waals surface area contributed by atoms with Gasteiger partial charge < -0.3 is 5.11 Å². The molecular weight excluding hydrogens is 148 g/mol. The average molecular weight is 170 g/mol. The van der Waals surface area contributed by atoms with Crippen LogP contribution in [0, 0.1) is 11.3 Å². The van der Waals surface area contributed by atoms with E-state index in [1.807, 2.05) is 0 Å². The highest BCUT2D eigenvalue weighted by Crippen LogP contribution is 2.35. The lowest BCUT2D eigenvalue weighted by Crippen LogP contribution is -2.11. The van der Waals surface area contributed by atoms with Crippen LogP contribution in [0.3, 0.4) is 0 Å². The highest BCUT2D eigenvalue weighted by Gasteiger charge is 2.29. The number of aliphatic hydroxyl groups excluding tert-OH is 1. The zero-order valence-electron chi connectivity index (χ0n) is 8.64. The SMILES string of the molecule is CC(C)(C)CCCC(O)C1CC1. The summed E-state index contributed by atoms with van der Waals surface area (Å²) in [5, 5.41) is 9.59. The van der Waals surface area contributed by atoms with Crippen LogP contribution in [0.5, 0.6) is 0 Å². The van der Waals surface area contributed by atoms with Crippen LogP contribution in [-0.4, -0.2) is 11.2 Å². The van der Waals surface area contributed by atoms with Crippen LogP contribution in [0.4, 0.5) is 0 Å². The van der Waals surface area contributed by atoms with Crippen LogP contribution in [0.15, 0.2) is 0 Å². The molecule has 72 valence electrons. The Hall–Kier alpha value is -0.0400. The molecule has 1 aliphatic carbocycles. The Morgan fingerprint density at radius 3 is 2.33 bits per heavy atom. The summed E-state index contributed by atoms with van der Waals surface area (Å²) in [4.78, 5) is 0. The fraction of sp³-hybridized carbons (Fsp3) is 1.00. The molecule has 0 bridgehead atoms. The summed E-state index contributed by atoms with van der Waals surface area (Å²) in [7, 11) is 0. The zero-order chi connectivity index (χ0) is 9.19. The fourth-order valence-corrected chi connectivity index (χ4v) is 1.56. The molecule has 0 heterocycles. The first-order valence-corrected chi connectivity index (χ1v) is 5.17. The summed E-state index contributed by atoms with van der Waals surface area (Å²) in [6.07, 6.45) is 5.96. The minimum absolute atomic E-state index is 0.00681. The van der Waals surface area contributed by atoms with E-state index < -0.39 is 0 Å². The van der Waals surface area contributed by atoms with Gasteiger partial charge in [0.15, 0.2) is 0 Å². The molecular formula is C11H22O. The van der Waals surface area contributed by atoms with Gasteiger partial charge in [0.2, 0.25) is 0 Å². The van der Waals surface area contributed by atoms with E-state index in [-0.39, 0.29) is 6.10 Å². The molecule has 1 nitrogen and oxygen atoms in total. The first kappa shape index (κ1) is 10.0. The van der Waals surface area contributed by atoms with E-state index in [4.69, 9.17) is 0 Å². The molecule has 0 aromatic rings. The second-order valence-corrected chi connectivity index (χ2v) is 5.36. The third-order valence-corrected chi connectivity index (χ3v) is 2.59. The number of hydrogen-bond acceptors (Lipinski definition) is 1. The van der Waals surface area contributed by atoms with Crippen molar-refractivity contribution in [1.82, 2.24) is 0 Å². The van der Waals surface area contributed by atoms with Crippen LogP contribution in [-0.2, 0) is 0 Å². The molecule has 0 aromatic heterocycles. The van der Waals surface area contributed by atoms with Gasteiger partial charge in [0, 0.05) is 0 Å². The molecule has 1 fully saturated rings. The maximum absolute atomic E-state index is 9.59. The number of rotatable bonds is 4. The Kier molecular flexibility index (Phi) is 3.16. The lowest BCUT2D eigenvalue weighted by molar-refractivity contribution is 0.134. The smallest absolute Gasteiger partial charge is 0.0568 e. The molecule has 1 saturated carbocycles. The lowest BCUT2D eigenvalue weighted by atomic mass is 9.89. The summed E-state index contributed by atoms with van der Waals surface area (Å²) < 4.78 is 0. The van der Waals surface area contributed by atoms with Gasteiger partial charge in [-0.3, -0.25) is 0 Å². The Morgan fingerprint density at radius 1 is 1.33 bits per heavy atom. The summed E-state index contributed by atoms with van der Waals surface area (Å²) in [5.74, 6) is 0.657. The van der Waals surface area contributed by atoms with Crippen molar-refractivity contribution in [3.8, 4) is 0 Å². The van der Waals surface area contributed by atoms with E-state index in [1.165, 1.54) is 25.7 Å². The molecule has 1 atom stereocenters. The standard InChI is InChI=1S/C11H22O/c1-11(2,3)8-4-5-10(12)9-6-7-9/h9-10,12H,4-8H2,1-3H3. The first-order chi connectivity index (χ1) is 5.49. The van der Waals surface area contributed by atoms with Crippen molar-refractivity contribution >= 4 is 0 Å². The lowest BCUT2D eigenvalue weighted by Gasteiger charge is -2.18. The first-order valence-electron chi connectivity index (χ1n) is 5.17. The van der Waals surface area contributed by atoms with Crippen molar-refractivity contribution < 1.29 is 5.11 Å². The molecule has 1 rings (SSSR count). The summed E-state index contributed by atoms with van der Waals surface area (Å²) in [6, 6.07) is 0. The monoisotopic (exact) mass is 170 g/mol. The normalized spacial score (nSPS) is 21.0. The molecule has 0 amide bonds. The van der Waals surface area contributed by atoms with Gasteiger partial charge in [-0.05, 0) is 37.0 Å². The van der Waals surface area contributed by atoms with Crippen LogP contribution in [0.1, 0.15) is 52.9 Å². The van der Waals surface area contributed by atoms with Crippen LogP contribution in [0.2, 0.25) is 0 Å². The van der Waals surface area contributed by atoms with Crippen molar-refractivity contribution in [3.63, 3.8) is 0 Å². The van der Waals surface area contributed by atoms with Crippen molar-refractivity contribution in [1.29, 1.82) is 0 Å². The molecule has 1 N–H and O–H groups in total. The largest absolute Gasteiger partial charge is 0.393 e. The van der Waals surface area contributed by atoms with Gasteiger partial charge in [-0.25, -0.2) is 0 Å². The second-order valence-electron chi connectivity index (χ2n) is 5.36. The quantitative estimate of drug-likeness (QED) is 0.687. The van der Waals surface area contributed by atoms with E-state index in [0.717, 1.165) is 6.42 Å². The molecule has 0 aliphatic heterocycles. The Labute approximate surface area is 76.2 Å². The molecule has 1 aliphatic rings. The minimum atomic E-state index is 0.00681. The molecule has 12 heavy (non-hydrogen) atoms. The van der Waals surface area contributed by atoms with Crippen LogP contribution >= 0.6 is 0 Å². The van der Waals surface area contributed by atoms with E-state index in [0.29, 0.717) is 11.3 Å². The molecule has 1 unspecified atom stereocenters. The summed E-state index contributed by atoms with van der Waals surface area (Å²) in [5.41, 5.74) is 0.434. The Balaban J connectivity index is 2.01. The topological polar surface area (TPSA) is 20.2 Å². The summed E-state index contributed by atoms with van der Waals surface area (Å²) >= 11 is 0. The minimum Gasteiger partial charge on any atom is -0.393 e. The van der Waals surface area contributed by atoms with E-state index in [9.17, 15) is 5.11 Å². The van der Waals surface area contributed by atoms with Gasteiger partial charge >= 0.3 is 0 Å². The van der Waals surface area contributed by atoms with Gasteiger partial charge in [0.05, 0.1) is 6.10 Å². The zero-order valence-corrected chi connectivity index (χ0v) is 8.64. The molecule has 0 spiro atoms. The van der Waals surface area contributed by atoms with Gasteiger partial charge in [-0.1, -0.05) is 27.2 Å². The van der Waals surface area contributed by atoms with E-state index in [1.54, 1.807) is 0 Å². The summed E-state index contributed by atoms with van der Waals surface area (Å²) in [6.45, 7) is 6.78. The predicted octanol–water partition coefficient (Wildman–Crippen LogP) is 2.97. The van der Waals surface area contributed by atoms with Crippen LogP contribution in [0.25, 0.3) is 0 Å². The highest BCUT2D eigenvalue weighted by molar-refractivity contribution is 4.80. The average Bonchev–Trinajstić information content (AvgIpc) is 2.64. The van der Waals surface area contributed by atoms with Crippen molar-refractivity contribution in [2.24, 2.45) is 11.3 Å². The number of hydrogen-bond donors (Lipinski definition) is 1. The third-order valence-electron chi connectivity index (χ3n) is 2.59. The Morgan fingerprint density at radius 2 is 1.92 bits per heavy atom. The van der Waals surface area contributed by atoms with Gasteiger partial charge in [-0.15, -0.1) is 0 Å². The highest BCUT2D eigenvalue weighted by atomic mass is 16.3. The molecule has 0 saturated heterocycles.